The molecule has 0 saturated carbocycles. The topological polar surface area (TPSA) is 52.3 Å². The molecule has 0 aliphatic heterocycles. The van der Waals surface area contributed by atoms with Gasteiger partial charge in [-0.25, -0.2) is 4.79 Å². The number of nitrogens with two attached hydrogens (primary N) is 1. The van der Waals surface area contributed by atoms with Gasteiger partial charge in [-0.3, -0.25) is 0 Å². The summed E-state index contributed by atoms with van der Waals surface area (Å²) in [7, 11) is 0. The second-order valence-electron chi connectivity index (χ2n) is 4.36. The molecule has 103 valence electrons. The van der Waals surface area contributed by atoms with Gasteiger partial charge in [-0.2, -0.15) is 0 Å². The Hall–Kier alpha value is -2.00. The normalized spacial score (nSPS) is 10.2. The number of aryl methyl sites for hydroxylation is 1. The van der Waals surface area contributed by atoms with Gasteiger partial charge in [-0.1, -0.05) is 35.9 Å². The number of benzene rings is 2. The van der Waals surface area contributed by atoms with E-state index in [9.17, 15) is 4.79 Å². The van der Waals surface area contributed by atoms with E-state index in [2.05, 4.69) is 6.42 Å². The second kappa shape index (κ2) is 6.96. The van der Waals surface area contributed by atoms with Crippen molar-refractivity contribution < 1.29 is 9.53 Å². The van der Waals surface area contributed by atoms with Crippen LogP contribution in [-0.2, 0) is 6.42 Å². The number of carbonyl (C=O) groups is 1. The number of carbonyl (C=O) groups excluding carboxylic acids is 1. The van der Waals surface area contributed by atoms with Crippen LogP contribution in [0.2, 0.25) is 5.02 Å². The molecule has 0 bridgehead atoms. The zero-order valence-electron chi connectivity index (χ0n) is 10.9. The second-order valence-corrected chi connectivity index (χ2v) is 4.80. The molecule has 0 atom stereocenters. The highest BCUT2D eigenvalue weighted by Gasteiger charge is 2.00. The van der Waals surface area contributed by atoms with Crippen molar-refractivity contribution in [3.05, 3.63) is 71.1 Å². The van der Waals surface area contributed by atoms with E-state index in [1.165, 1.54) is 5.56 Å². The van der Waals surface area contributed by atoms with Gasteiger partial charge in [0.1, 0.15) is 5.75 Å². The largest absolute Gasteiger partial charge is 0.411 e. The van der Waals surface area contributed by atoms with Crippen LogP contribution in [0.15, 0.2) is 48.5 Å². The molecule has 2 N–H and O–H groups in total. The van der Waals surface area contributed by atoms with Gasteiger partial charge >= 0.3 is 6.09 Å². The molecule has 20 heavy (non-hydrogen) atoms. The molecular weight excluding hydrogens is 274 g/mol. The smallest absolute Gasteiger partial charge is 0.409 e. The predicted octanol–water partition coefficient (Wildman–Crippen LogP) is 3.98. The van der Waals surface area contributed by atoms with Gasteiger partial charge < -0.3 is 10.5 Å². The summed E-state index contributed by atoms with van der Waals surface area (Å²) in [6.07, 6.45) is 3.20. The lowest BCUT2D eigenvalue weighted by atomic mass is 10.0. The zero-order valence-corrected chi connectivity index (χ0v) is 11.6. The third-order valence-electron chi connectivity index (χ3n) is 2.82. The van der Waals surface area contributed by atoms with Crippen LogP contribution in [0.1, 0.15) is 17.5 Å². The lowest BCUT2D eigenvalue weighted by Gasteiger charge is -2.04. The molecule has 0 aliphatic carbocycles. The highest BCUT2D eigenvalue weighted by atomic mass is 35.5. The molecule has 2 aromatic rings. The Balaban J connectivity index is 1.82. The number of rotatable bonds is 5. The minimum atomic E-state index is -0.797. The fourth-order valence-electron chi connectivity index (χ4n) is 1.84. The van der Waals surface area contributed by atoms with Crippen LogP contribution < -0.4 is 10.5 Å². The summed E-state index contributed by atoms with van der Waals surface area (Å²) in [6.45, 7) is 0. The summed E-state index contributed by atoms with van der Waals surface area (Å²) in [5.41, 5.74) is 7.27. The Labute approximate surface area is 123 Å². The first-order chi connectivity index (χ1) is 9.63. The van der Waals surface area contributed by atoms with Crippen LogP contribution in [0, 0.1) is 6.42 Å². The van der Waals surface area contributed by atoms with Gasteiger partial charge in [0.05, 0.1) is 0 Å². The number of primary amides is 1. The van der Waals surface area contributed by atoms with Crippen molar-refractivity contribution in [2.75, 3.05) is 0 Å². The molecule has 4 heteroatoms. The van der Waals surface area contributed by atoms with Gasteiger partial charge in [0.2, 0.25) is 0 Å². The first-order valence-electron chi connectivity index (χ1n) is 6.28. The Morgan fingerprint density at radius 2 is 1.75 bits per heavy atom. The summed E-state index contributed by atoms with van der Waals surface area (Å²) in [5, 5.41) is 0.743. The monoisotopic (exact) mass is 288 g/mol. The molecular formula is C16H15ClNO2. The van der Waals surface area contributed by atoms with Crippen molar-refractivity contribution in [1.29, 1.82) is 0 Å². The van der Waals surface area contributed by atoms with E-state index in [4.69, 9.17) is 22.1 Å². The third-order valence-corrected chi connectivity index (χ3v) is 3.08. The molecule has 1 amide bonds. The standard InChI is InChI=1S/C16H15ClNO2/c17-14-8-4-12(5-9-14)2-1-3-13-6-10-15(11-7-13)20-16(18)19/h2,4-11H,1,3H2,(H2,18,19). The number of ether oxygens (including phenoxy) is 1. The van der Waals surface area contributed by atoms with Crippen molar-refractivity contribution >= 4 is 17.7 Å². The van der Waals surface area contributed by atoms with Crippen molar-refractivity contribution in [1.82, 2.24) is 0 Å². The molecule has 2 aromatic carbocycles. The average molecular weight is 289 g/mol. The maximum atomic E-state index is 10.6. The highest BCUT2D eigenvalue weighted by Crippen LogP contribution is 2.16. The summed E-state index contributed by atoms with van der Waals surface area (Å²) in [6, 6.07) is 15.1. The first-order valence-corrected chi connectivity index (χ1v) is 6.66. The minimum Gasteiger partial charge on any atom is -0.411 e. The maximum Gasteiger partial charge on any atom is 0.409 e. The Bertz CT molecular complexity index is 564. The molecule has 0 fully saturated rings. The summed E-state index contributed by atoms with van der Waals surface area (Å²) in [5.74, 6) is 0.461. The van der Waals surface area contributed by atoms with Crippen LogP contribution in [0.3, 0.4) is 0 Å². The summed E-state index contributed by atoms with van der Waals surface area (Å²) in [4.78, 5) is 10.6. The number of hydrogen-bond acceptors (Lipinski definition) is 2. The van der Waals surface area contributed by atoms with E-state index >= 15 is 0 Å². The molecule has 0 aromatic heterocycles. The van der Waals surface area contributed by atoms with E-state index in [0.29, 0.717) is 5.75 Å². The van der Waals surface area contributed by atoms with Crippen LogP contribution in [0.25, 0.3) is 0 Å². The van der Waals surface area contributed by atoms with Crippen LogP contribution in [-0.4, -0.2) is 6.09 Å². The lowest BCUT2D eigenvalue weighted by molar-refractivity contribution is 0.211. The van der Waals surface area contributed by atoms with E-state index in [0.717, 1.165) is 23.4 Å². The van der Waals surface area contributed by atoms with Gasteiger partial charge in [0, 0.05) is 5.02 Å². The zero-order chi connectivity index (χ0) is 14.4. The summed E-state index contributed by atoms with van der Waals surface area (Å²) < 4.78 is 4.77. The van der Waals surface area contributed by atoms with Gasteiger partial charge in [-0.05, 0) is 54.7 Å². The van der Waals surface area contributed by atoms with Crippen molar-refractivity contribution in [2.45, 2.75) is 12.8 Å². The summed E-state index contributed by atoms with van der Waals surface area (Å²) >= 11 is 5.83. The van der Waals surface area contributed by atoms with Crippen molar-refractivity contribution in [3.63, 3.8) is 0 Å². The van der Waals surface area contributed by atoms with Crippen LogP contribution >= 0.6 is 11.6 Å². The van der Waals surface area contributed by atoms with E-state index < -0.39 is 6.09 Å². The third kappa shape index (κ3) is 4.59. The Morgan fingerprint density at radius 3 is 2.35 bits per heavy atom. The number of hydrogen-bond donors (Lipinski definition) is 1. The SMILES string of the molecule is NC(=O)Oc1ccc(CC[CH]c2ccc(Cl)cc2)cc1. The molecule has 2 rings (SSSR count). The molecule has 3 nitrogen and oxygen atoms in total. The molecule has 0 heterocycles. The number of halogens is 1. The predicted molar refractivity (Wildman–Crippen MR) is 79.8 cm³/mol. The fourth-order valence-corrected chi connectivity index (χ4v) is 1.97. The van der Waals surface area contributed by atoms with Gasteiger partial charge in [-0.15, -0.1) is 0 Å². The molecule has 0 unspecified atom stereocenters. The first kappa shape index (κ1) is 14.4. The minimum absolute atomic E-state index is 0.461. The van der Waals surface area contributed by atoms with Crippen LogP contribution in [0.5, 0.6) is 5.75 Å². The molecule has 0 spiro atoms. The van der Waals surface area contributed by atoms with Crippen molar-refractivity contribution in [2.24, 2.45) is 5.73 Å². The van der Waals surface area contributed by atoms with E-state index in [-0.39, 0.29) is 0 Å². The van der Waals surface area contributed by atoms with Gasteiger partial charge in [0.25, 0.3) is 0 Å². The molecule has 0 saturated heterocycles. The van der Waals surface area contributed by atoms with Gasteiger partial charge in [0.15, 0.2) is 0 Å². The van der Waals surface area contributed by atoms with E-state index in [1.54, 1.807) is 12.1 Å². The van der Waals surface area contributed by atoms with E-state index in [1.807, 2.05) is 36.4 Å². The average Bonchev–Trinajstić information content (AvgIpc) is 2.42. The maximum absolute atomic E-state index is 10.6. The highest BCUT2D eigenvalue weighted by molar-refractivity contribution is 6.30. The number of amides is 1. The Morgan fingerprint density at radius 1 is 1.10 bits per heavy atom. The molecule has 0 aliphatic rings. The Kier molecular flexibility index (Phi) is 5.02. The van der Waals surface area contributed by atoms with Crippen LogP contribution in [0.4, 0.5) is 4.79 Å². The quantitative estimate of drug-likeness (QED) is 0.904. The lowest BCUT2D eigenvalue weighted by Crippen LogP contribution is -2.16. The fraction of sp³-hybridized carbons (Fsp3) is 0.125. The molecule has 1 radical (unpaired) electrons. The van der Waals surface area contributed by atoms with Crippen molar-refractivity contribution in [3.8, 4) is 5.75 Å².